The monoisotopic (exact) mass is 631 g/mol. The van der Waals surface area contributed by atoms with Gasteiger partial charge in [0.25, 0.3) is 10.0 Å². The molecule has 44 heavy (non-hydrogen) atoms. The summed E-state index contributed by atoms with van der Waals surface area (Å²) in [4.78, 5) is 28.8. The summed E-state index contributed by atoms with van der Waals surface area (Å²) >= 11 is 0. The summed E-state index contributed by atoms with van der Waals surface area (Å²) in [6.07, 6.45) is -0.886. The quantitative estimate of drug-likeness (QED) is 0.274. The average Bonchev–Trinajstić information content (AvgIpc) is 3.53. The van der Waals surface area contributed by atoms with E-state index < -0.39 is 40.3 Å². The van der Waals surface area contributed by atoms with Gasteiger partial charge >= 0.3 is 6.18 Å². The molecule has 1 atom stereocenters. The van der Waals surface area contributed by atoms with Crippen molar-refractivity contribution in [2.24, 2.45) is 0 Å². The zero-order chi connectivity index (χ0) is 31.9. The highest BCUT2D eigenvalue weighted by atomic mass is 32.2. The van der Waals surface area contributed by atoms with Crippen molar-refractivity contribution in [3.05, 3.63) is 90.0 Å². The number of anilines is 1. The van der Waals surface area contributed by atoms with E-state index in [9.17, 15) is 31.2 Å². The Morgan fingerprint density at radius 3 is 2.23 bits per heavy atom. The fraction of sp³-hybridized carbons (Fsp3) is 0.375. The summed E-state index contributed by atoms with van der Waals surface area (Å²) in [5.41, 5.74) is -0.735. The Hall–Kier alpha value is -4.06. The summed E-state index contributed by atoms with van der Waals surface area (Å²) in [6.45, 7) is 0.877. The minimum Gasteiger partial charge on any atom is -0.497 e. The normalized spacial score (nSPS) is 14.6. The molecule has 0 heterocycles. The van der Waals surface area contributed by atoms with Crippen LogP contribution in [0.5, 0.6) is 5.75 Å². The van der Waals surface area contributed by atoms with E-state index in [-0.39, 0.29) is 35.5 Å². The first kappa shape index (κ1) is 32.8. The lowest BCUT2D eigenvalue weighted by atomic mass is 10.1. The van der Waals surface area contributed by atoms with Gasteiger partial charge in [-0.2, -0.15) is 13.2 Å². The molecule has 2 amide bonds. The molecule has 3 aromatic rings. The van der Waals surface area contributed by atoms with Crippen LogP contribution in [-0.4, -0.2) is 50.9 Å². The summed E-state index contributed by atoms with van der Waals surface area (Å²) in [7, 11) is -2.98. The lowest BCUT2D eigenvalue weighted by Gasteiger charge is -2.34. The van der Waals surface area contributed by atoms with Crippen LogP contribution in [0.2, 0.25) is 0 Å². The predicted molar refractivity (Wildman–Crippen MR) is 160 cm³/mol. The minimum atomic E-state index is -4.74. The molecule has 0 radical (unpaired) electrons. The van der Waals surface area contributed by atoms with Crippen LogP contribution in [0.4, 0.5) is 18.9 Å². The predicted octanol–water partition coefficient (Wildman–Crippen LogP) is 5.78. The highest BCUT2D eigenvalue weighted by molar-refractivity contribution is 7.92. The van der Waals surface area contributed by atoms with Crippen molar-refractivity contribution in [3.63, 3.8) is 0 Å². The molecule has 1 N–H and O–H groups in total. The highest BCUT2D eigenvalue weighted by Crippen LogP contribution is 2.33. The van der Waals surface area contributed by atoms with Gasteiger partial charge in [-0.05, 0) is 67.3 Å². The fourth-order valence-electron chi connectivity index (χ4n) is 5.30. The maximum atomic E-state index is 14.1. The smallest absolute Gasteiger partial charge is 0.416 e. The molecule has 1 aliphatic carbocycles. The number of nitrogens with one attached hydrogen (secondary N) is 1. The van der Waals surface area contributed by atoms with E-state index in [1.54, 1.807) is 37.3 Å². The van der Waals surface area contributed by atoms with Crippen molar-refractivity contribution in [2.45, 2.75) is 68.7 Å². The molecule has 0 spiro atoms. The van der Waals surface area contributed by atoms with Gasteiger partial charge in [-0.15, -0.1) is 0 Å². The van der Waals surface area contributed by atoms with Gasteiger partial charge < -0.3 is 15.0 Å². The maximum absolute atomic E-state index is 14.1. The number of nitrogens with zero attached hydrogens (tertiary/aromatic N) is 2. The Balaban J connectivity index is 1.74. The van der Waals surface area contributed by atoms with Crippen molar-refractivity contribution < 1.29 is 35.9 Å². The van der Waals surface area contributed by atoms with Crippen LogP contribution in [-0.2, 0) is 32.3 Å². The first-order chi connectivity index (χ1) is 20.9. The highest BCUT2D eigenvalue weighted by Gasteiger charge is 2.36. The van der Waals surface area contributed by atoms with Gasteiger partial charge in [-0.3, -0.25) is 13.9 Å². The van der Waals surface area contributed by atoms with E-state index in [0.29, 0.717) is 21.7 Å². The van der Waals surface area contributed by atoms with Gasteiger partial charge in [-0.1, -0.05) is 56.2 Å². The van der Waals surface area contributed by atoms with Crippen LogP contribution in [0.25, 0.3) is 0 Å². The Kier molecular flexibility index (Phi) is 10.6. The Labute approximate surface area is 255 Å². The molecule has 3 aromatic carbocycles. The molecule has 0 saturated heterocycles. The maximum Gasteiger partial charge on any atom is 0.416 e. The number of ether oxygens (including phenoxy) is 1. The molecule has 0 bridgehead atoms. The van der Waals surface area contributed by atoms with Gasteiger partial charge in [0.1, 0.15) is 18.3 Å². The van der Waals surface area contributed by atoms with E-state index in [2.05, 4.69) is 5.32 Å². The topological polar surface area (TPSA) is 96.0 Å². The molecule has 0 aliphatic heterocycles. The summed E-state index contributed by atoms with van der Waals surface area (Å²) < 4.78 is 74.6. The van der Waals surface area contributed by atoms with Crippen molar-refractivity contribution in [1.29, 1.82) is 0 Å². The Morgan fingerprint density at radius 1 is 0.977 bits per heavy atom. The number of sulfonamides is 1. The second-order valence-corrected chi connectivity index (χ2v) is 12.5. The molecule has 0 aromatic heterocycles. The van der Waals surface area contributed by atoms with E-state index >= 15 is 0 Å². The first-order valence-corrected chi connectivity index (χ1v) is 15.9. The van der Waals surface area contributed by atoms with E-state index in [4.69, 9.17) is 4.74 Å². The number of carbonyl (C=O) groups excluding carboxylic acids is 2. The Morgan fingerprint density at radius 2 is 1.64 bits per heavy atom. The number of hydrogen-bond acceptors (Lipinski definition) is 5. The van der Waals surface area contributed by atoms with Crippen LogP contribution in [0.1, 0.15) is 50.2 Å². The second-order valence-electron chi connectivity index (χ2n) is 10.7. The number of carbonyl (C=O) groups is 2. The Bertz CT molecular complexity index is 1530. The molecule has 12 heteroatoms. The SMILES string of the molecule is CC[C@@H](C(=O)NC1CCCC1)N(Cc1ccc(OC)cc1)C(=O)CN(c1cccc(C(F)(F)F)c1)S(=O)(=O)c1ccccc1. The van der Waals surface area contributed by atoms with Crippen molar-refractivity contribution in [3.8, 4) is 5.75 Å². The number of alkyl halides is 3. The zero-order valence-electron chi connectivity index (χ0n) is 24.6. The van der Waals surface area contributed by atoms with Gasteiger partial charge in [-0.25, -0.2) is 8.42 Å². The first-order valence-electron chi connectivity index (χ1n) is 14.4. The average molecular weight is 632 g/mol. The lowest BCUT2D eigenvalue weighted by Crippen LogP contribution is -2.53. The summed E-state index contributed by atoms with van der Waals surface area (Å²) in [6, 6.07) is 16.9. The van der Waals surface area contributed by atoms with E-state index in [1.807, 2.05) is 0 Å². The molecular weight excluding hydrogens is 595 g/mol. The van der Waals surface area contributed by atoms with Gasteiger partial charge in [0.05, 0.1) is 23.3 Å². The number of amides is 2. The van der Waals surface area contributed by atoms with Crippen LogP contribution in [0, 0.1) is 0 Å². The molecule has 8 nitrogen and oxygen atoms in total. The van der Waals surface area contributed by atoms with E-state index in [1.165, 1.54) is 42.3 Å². The largest absolute Gasteiger partial charge is 0.497 e. The van der Waals surface area contributed by atoms with Gasteiger partial charge in [0.2, 0.25) is 11.8 Å². The minimum absolute atomic E-state index is 0.0189. The summed E-state index contributed by atoms with van der Waals surface area (Å²) in [5, 5.41) is 3.02. The summed E-state index contributed by atoms with van der Waals surface area (Å²) in [5.74, 6) is -0.522. The molecule has 236 valence electrons. The zero-order valence-corrected chi connectivity index (χ0v) is 25.4. The van der Waals surface area contributed by atoms with Crippen molar-refractivity contribution in [1.82, 2.24) is 10.2 Å². The molecular formula is C32H36F3N3O5S. The molecule has 1 fully saturated rings. The van der Waals surface area contributed by atoms with Crippen LogP contribution in [0.15, 0.2) is 83.8 Å². The van der Waals surface area contributed by atoms with Gasteiger partial charge in [0.15, 0.2) is 0 Å². The molecule has 1 saturated carbocycles. The number of benzene rings is 3. The van der Waals surface area contributed by atoms with Crippen molar-refractivity contribution >= 4 is 27.5 Å². The number of rotatable bonds is 12. The lowest BCUT2D eigenvalue weighted by molar-refractivity contribution is -0.140. The van der Waals surface area contributed by atoms with Crippen LogP contribution in [0.3, 0.4) is 0 Å². The number of methoxy groups -OCH3 is 1. The standard InChI is InChI=1S/C32H36F3N3O5S/c1-3-29(31(40)36-25-11-7-8-12-25)37(21-23-16-18-27(43-2)19-17-23)30(39)22-38(44(41,42)28-14-5-4-6-15-28)26-13-9-10-24(20-26)32(33,34)35/h4-6,9-10,13-20,25,29H,3,7-8,11-12,21-22H2,1-2H3,(H,36,40)/t29-/m0/s1. The third-order valence-corrected chi connectivity index (χ3v) is 9.46. The number of halogens is 3. The van der Waals surface area contributed by atoms with E-state index in [0.717, 1.165) is 37.8 Å². The molecule has 0 unspecified atom stereocenters. The number of hydrogen-bond donors (Lipinski definition) is 1. The van der Waals surface area contributed by atoms with Gasteiger partial charge in [0, 0.05) is 12.6 Å². The molecule has 1 aliphatic rings. The third kappa shape index (κ3) is 7.90. The van der Waals surface area contributed by atoms with Crippen LogP contribution < -0.4 is 14.4 Å². The second kappa shape index (κ2) is 14.1. The van der Waals surface area contributed by atoms with Crippen LogP contribution >= 0.6 is 0 Å². The van der Waals surface area contributed by atoms with Crippen molar-refractivity contribution in [2.75, 3.05) is 18.0 Å². The molecule has 4 rings (SSSR count). The fourth-order valence-corrected chi connectivity index (χ4v) is 6.73. The third-order valence-electron chi connectivity index (χ3n) is 7.67.